The topological polar surface area (TPSA) is 69.1 Å². The summed E-state index contributed by atoms with van der Waals surface area (Å²) in [4.78, 5) is 8.90. The fourth-order valence-electron chi connectivity index (χ4n) is 3.09. The van der Waals surface area contributed by atoms with Gasteiger partial charge in [0.05, 0.1) is 11.6 Å². The summed E-state index contributed by atoms with van der Waals surface area (Å²) in [6, 6.07) is 12.0. The van der Waals surface area contributed by atoms with Crippen LogP contribution in [0.25, 0.3) is 11.1 Å². The van der Waals surface area contributed by atoms with Crippen molar-refractivity contribution in [2.75, 3.05) is 0 Å². The maximum atomic E-state index is 6.13. The highest BCUT2D eigenvalue weighted by molar-refractivity contribution is 6.30. The molecule has 0 saturated carbocycles. The second kappa shape index (κ2) is 5.46. The summed E-state index contributed by atoms with van der Waals surface area (Å²) in [5, 5.41) is 4.96. The molecule has 120 valence electrons. The van der Waals surface area contributed by atoms with Crippen LogP contribution in [-0.4, -0.2) is 20.6 Å². The van der Waals surface area contributed by atoms with E-state index in [0.29, 0.717) is 17.4 Å². The zero-order valence-electron chi connectivity index (χ0n) is 13.1. The summed E-state index contributed by atoms with van der Waals surface area (Å²) in [6.45, 7) is 2.72. The van der Waals surface area contributed by atoms with Gasteiger partial charge in [0.2, 0.25) is 0 Å². The predicted molar refractivity (Wildman–Crippen MR) is 95.0 cm³/mol. The first-order chi connectivity index (χ1) is 11.5. The minimum absolute atomic E-state index is 0.467. The average molecular weight is 338 g/mol. The molecular formula is C18H16ClN5. The van der Waals surface area contributed by atoms with Crippen molar-refractivity contribution in [3.05, 3.63) is 71.3 Å². The van der Waals surface area contributed by atoms with Gasteiger partial charge in [0, 0.05) is 24.2 Å². The van der Waals surface area contributed by atoms with E-state index in [4.69, 9.17) is 22.3 Å². The zero-order valence-corrected chi connectivity index (χ0v) is 13.9. The molecule has 0 fully saturated rings. The van der Waals surface area contributed by atoms with Crippen molar-refractivity contribution in [2.24, 2.45) is 10.7 Å². The molecule has 0 aliphatic carbocycles. The molecule has 0 unspecified atom stereocenters. The Morgan fingerprint density at radius 2 is 2.04 bits per heavy atom. The highest BCUT2D eigenvalue weighted by atomic mass is 35.5. The minimum Gasteiger partial charge on any atom is -0.382 e. The van der Waals surface area contributed by atoms with E-state index in [9.17, 15) is 0 Å². The fraction of sp³-hybridized carbons (Fsp3) is 0.167. The third-order valence-electron chi connectivity index (χ3n) is 4.33. The SMILES string of the molecule is C[C@]1(c2cccc(-c3cncc(Cl)c3)c2)Cn2nccc2C(N)=N1. The monoisotopic (exact) mass is 337 g/mol. The summed E-state index contributed by atoms with van der Waals surface area (Å²) in [6.07, 6.45) is 5.18. The second-order valence-corrected chi connectivity index (χ2v) is 6.55. The van der Waals surface area contributed by atoms with Gasteiger partial charge in [-0.2, -0.15) is 5.10 Å². The van der Waals surface area contributed by atoms with E-state index in [-0.39, 0.29) is 0 Å². The standard InChI is InChI=1S/C18H16ClN5/c1-18(11-24-16(5-6-22-24)17(20)23-18)14-4-2-3-12(7-14)13-8-15(19)10-21-9-13/h2-10H,11H2,1H3,(H2,20,23)/t18-/m1/s1. The van der Waals surface area contributed by atoms with Crippen LogP contribution in [0.3, 0.4) is 0 Å². The van der Waals surface area contributed by atoms with Gasteiger partial charge >= 0.3 is 0 Å². The van der Waals surface area contributed by atoms with Crippen LogP contribution in [-0.2, 0) is 12.1 Å². The number of nitrogens with zero attached hydrogens (tertiary/aromatic N) is 4. The molecule has 0 radical (unpaired) electrons. The van der Waals surface area contributed by atoms with Crippen LogP contribution in [0.5, 0.6) is 0 Å². The van der Waals surface area contributed by atoms with Crippen molar-refractivity contribution in [2.45, 2.75) is 19.0 Å². The average Bonchev–Trinajstić information content (AvgIpc) is 3.03. The number of pyridine rings is 1. The molecule has 3 aromatic rings. The molecule has 5 nitrogen and oxygen atoms in total. The van der Waals surface area contributed by atoms with E-state index >= 15 is 0 Å². The first-order valence-corrected chi connectivity index (χ1v) is 8.02. The Morgan fingerprint density at radius 1 is 1.17 bits per heavy atom. The Morgan fingerprint density at radius 3 is 2.88 bits per heavy atom. The highest BCUT2D eigenvalue weighted by Gasteiger charge is 2.32. The van der Waals surface area contributed by atoms with E-state index in [0.717, 1.165) is 22.4 Å². The van der Waals surface area contributed by atoms with E-state index in [1.165, 1.54) is 0 Å². The van der Waals surface area contributed by atoms with Gasteiger partial charge in [-0.1, -0.05) is 29.8 Å². The summed E-state index contributed by atoms with van der Waals surface area (Å²) < 4.78 is 1.90. The lowest BCUT2D eigenvalue weighted by molar-refractivity contribution is 0.377. The molecule has 1 aliphatic rings. The molecule has 1 aliphatic heterocycles. The molecule has 1 atom stereocenters. The van der Waals surface area contributed by atoms with Crippen LogP contribution >= 0.6 is 11.6 Å². The predicted octanol–water partition coefficient (Wildman–Crippen LogP) is 3.23. The van der Waals surface area contributed by atoms with Gasteiger partial charge in [0.15, 0.2) is 0 Å². The largest absolute Gasteiger partial charge is 0.382 e. The third kappa shape index (κ3) is 2.47. The lowest BCUT2D eigenvalue weighted by Crippen LogP contribution is -2.37. The number of benzene rings is 1. The lowest BCUT2D eigenvalue weighted by atomic mass is 9.89. The Hall–Kier alpha value is -2.66. The minimum atomic E-state index is -0.467. The summed E-state index contributed by atoms with van der Waals surface area (Å²) in [5.74, 6) is 0.510. The smallest absolute Gasteiger partial charge is 0.145 e. The Balaban J connectivity index is 1.78. The molecule has 1 aromatic carbocycles. The Bertz CT molecular complexity index is 946. The zero-order chi connectivity index (χ0) is 16.7. The molecule has 6 heteroatoms. The number of nitrogens with two attached hydrogens (primary N) is 1. The molecule has 3 heterocycles. The summed E-state index contributed by atoms with van der Waals surface area (Å²) in [5.41, 5.74) is 9.62. The molecule has 0 saturated heterocycles. The van der Waals surface area contributed by atoms with Crippen molar-refractivity contribution in [3.8, 4) is 11.1 Å². The highest BCUT2D eigenvalue weighted by Crippen LogP contribution is 2.33. The number of amidine groups is 1. The normalized spacial score (nSPS) is 19.7. The van der Waals surface area contributed by atoms with E-state index in [1.54, 1.807) is 18.6 Å². The first kappa shape index (κ1) is 14.9. The number of fused-ring (bicyclic) bond motifs is 1. The number of aliphatic imine (C=N–C) groups is 1. The second-order valence-electron chi connectivity index (χ2n) is 6.12. The van der Waals surface area contributed by atoms with Crippen molar-refractivity contribution in [1.29, 1.82) is 0 Å². The molecule has 0 spiro atoms. The molecule has 4 rings (SSSR count). The Labute approximate surface area is 144 Å². The van der Waals surface area contributed by atoms with E-state index < -0.39 is 5.54 Å². The van der Waals surface area contributed by atoms with Crippen LogP contribution < -0.4 is 5.73 Å². The maximum absolute atomic E-state index is 6.13. The van der Waals surface area contributed by atoms with Crippen molar-refractivity contribution in [3.63, 3.8) is 0 Å². The first-order valence-electron chi connectivity index (χ1n) is 7.64. The Kier molecular flexibility index (Phi) is 3.39. The number of hydrogen-bond acceptors (Lipinski definition) is 4. The molecule has 2 aromatic heterocycles. The molecule has 2 N–H and O–H groups in total. The van der Waals surface area contributed by atoms with Crippen LogP contribution in [0.1, 0.15) is 18.2 Å². The lowest BCUT2D eigenvalue weighted by Gasteiger charge is -2.31. The number of halogens is 1. The van der Waals surface area contributed by atoms with Gasteiger partial charge in [-0.25, -0.2) is 0 Å². The van der Waals surface area contributed by atoms with Crippen LogP contribution in [0.15, 0.2) is 60.0 Å². The number of hydrogen-bond donors (Lipinski definition) is 1. The van der Waals surface area contributed by atoms with E-state index in [1.807, 2.05) is 28.9 Å². The van der Waals surface area contributed by atoms with Crippen LogP contribution in [0, 0.1) is 0 Å². The van der Waals surface area contributed by atoms with Gasteiger partial charge in [0.25, 0.3) is 0 Å². The summed E-state index contributed by atoms with van der Waals surface area (Å²) in [7, 11) is 0. The molecular weight excluding hydrogens is 322 g/mol. The molecule has 0 bridgehead atoms. The van der Waals surface area contributed by atoms with Crippen molar-refractivity contribution < 1.29 is 0 Å². The molecule has 0 amide bonds. The van der Waals surface area contributed by atoms with Gasteiger partial charge in [0.1, 0.15) is 17.1 Å². The quantitative estimate of drug-likeness (QED) is 0.780. The molecule has 24 heavy (non-hydrogen) atoms. The van der Waals surface area contributed by atoms with Gasteiger partial charge < -0.3 is 5.73 Å². The van der Waals surface area contributed by atoms with Crippen molar-refractivity contribution >= 4 is 17.4 Å². The maximum Gasteiger partial charge on any atom is 0.145 e. The van der Waals surface area contributed by atoms with Crippen molar-refractivity contribution in [1.82, 2.24) is 14.8 Å². The van der Waals surface area contributed by atoms with Gasteiger partial charge in [-0.05, 0) is 36.2 Å². The fourth-order valence-corrected chi connectivity index (χ4v) is 3.26. The van der Waals surface area contributed by atoms with Crippen LogP contribution in [0.4, 0.5) is 0 Å². The summed E-state index contributed by atoms with van der Waals surface area (Å²) >= 11 is 6.06. The van der Waals surface area contributed by atoms with Gasteiger partial charge in [-0.3, -0.25) is 14.7 Å². The van der Waals surface area contributed by atoms with Gasteiger partial charge in [-0.15, -0.1) is 0 Å². The number of rotatable bonds is 2. The van der Waals surface area contributed by atoms with E-state index in [2.05, 4.69) is 29.1 Å². The third-order valence-corrected chi connectivity index (χ3v) is 4.53. The van der Waals surface area contributed by atoms with Crippen LogP contribution in [0.2, 0.25) is 5.02 Å². The number of aromatic nitrogens is 3.